The summed E-state index contributed by atoms with van der Waals surface area (Å²) in [5.74, 6) is 1.63. The molecular weight excluding hydrogens is 360 g/mol. The highest BCUT2D eigenvalue weighted by Crippen LogP contribution is 2.26. The molecule has 1 atom stereocenters. The molecule has 3 aromatic rings. The molecule has 0 unspecified atom stereocenters. The summed E-state index contributed by atoms with van der Waals surface area (Å²) in [5.41, 5.74) is 3.14. The molecule has 0 amide bonds. The summed E-state index contributed by atoms with van der Waals surface area (Å²) in [4.78, 5) is 4.61. The minimum absolute atomic E-state index is 0.239. The van der Waals surface area contributed by atoms with E-state index in [0.717, 1.165) is 29.0 Å². The summed E-state index contributed by atoms with van der Waals surface area (Å²) in [7, 11) is -3.67. The summed E-state index contributed by atoms with van der Waals surface area (Å²) in [6, 6.07) is 14.1. The van der Waals surface area contributed by atoms with Crippen LogP contribution in [0.3, 0.4) is 0 Å². The van der Waals surface area contributed by atoms with Crippen LogP contribution in [-0.4, -0.2) is 13.4 Å². The minimum Gasteiger partial charge on any atom is -0.441 e. The fourth-order valence-corrected chi connectivity index (χ4v) is 3.79. The maximum Gasteiger partial charge on any atom is 0.261 e. The smallest absolute Gasteiger partial charge is 0.261 e. The highest BCUT2D eigenvalue weighted by molar-refractivity contribution is 7.92. The van der Waals surface area contributed by atoms with E-state index in [1.807, 2.05) is 32.0 Å². The second-order valence-corrected chi connectivity index (χ2v) is 8.41. The molecule has 0 aliphatic heterocycles. The van der Waals surface area contributed by atoms with Crippen molar-refractivity contribution in [1.29, 1.82) is 0 Å². The molecule has 1 aromatic heterocycles. The minimum atomic E-state index is -3.67. The van der Waals surface area contributed by atoms with Crippen LogP contribution in [0.5, 0.6) is 0 Å². The average molecular weight is 385 g/mol. The molecule has 27 heavy (non-hydrogen) atoms. The molecule has 0 radical (unpaired) electrons. The number of hydrogen-bond acceptors (Lipinski definition) is 4. The maximum atomic E-state index is 12.7. The number of sulfonamides is 1. The molecule has 0 fully saturated rings. The van der Waals surface area contributed by atoms with Crippen LogP contribution >= 0.6 is 0 Å². The standard InChI is InChI=1S/C21H24N2O3S/c1-5-14(2)17-9-11-20(12-10-17)27(24,25)23-19-8-6-7-18(13-19)21-22-15(3)16(4)26-21/h6-14,23H,5H2,1-4H3/t14-/m0/s1. The van der Waals surface area contributed by atoms with Crippen LogP contribution in [0.15, 0.2) is 57.8 Å². The van der Waals surface area contributed by atoms with E-state index < -0.39 is 10.0 Å². The number of rotatable bonds is 6. The Labute approximate surface area is 160 Å². The second kappa shape index (κ2) is 7.56. The van der Waals surface area contributed by atoms with Crippen LogP contribution < -0.4 is 4.72 Å². The molecule has 142 valence electrons. The summed E-state index contributed by atoms with van der Waals surface area (Å²) in [6.45, 7) is 7.96. The van der Waals surface area contributed by atoms with Crippen molar-refractivity contribution in [3.63, 3.8) is 0 Å². The average Bonchev–Trinajstić information content (AvgIpc) is 3.00. The van der Waals surface area contributed by atoms with Crippen molar-refractivity contribution in [1.82, 2.24) is 4.98 Å². The Hall–Kier alpha value is -2.60. The number of nitrogens with one attached hydrogen (secondary N) is 1. The Balaban J connectivity index is 1.84. The lowest BCUT2D eigenvalue weighted by Crippen LogP contribution is -2.13. The number of hydrogen-bond donors (Lipinski definition) is 1. The van der Waals surface area contributed by atoms with Gasteiger partial charge in [0.25, 0.3) is 10.0 Å². The summed E-state index contributed by atoms with van der Waals surface area (Å²) >= 11 is 0. The van der Waals surface area contributed by atoms with Crippen LogP contribution in [0, 0.1) is 13.8 Å². The van der Waals surface area contributed by atoms with E-state index in [1.165, 1.54) is 0 Å². The molecule has 0 bridgehead atoms. The van der Waals surface area contributed by atoms with Gasteiger partial charge >= 0.3 is 0 Å². The topological polar surface area (TPSA) is 72.2 Å². The van der Waals surface area contributed by atoms with Crippen LogP contribution in [0.4, 0.5) is 5.69 Å². The predicted molar refractivity (Wildman–Crippen MR) is 107 cm³/mol. The van der Waals surface area contributed by atoms with E-state index in [2.05, 4.69) is 23.6 Å². The highest BCUT2D eigenvalue weighted by Gasteiger charge is 2.16. The second-order valence-electron chi connectivity index (χ2n) is 6.73. The number of nitrogens with zero attached hydrogens (tertiary/aromatic N) is 1. The highest BCUT2D eigenvalue weighted by atomic mass is 32.2. The number of benzene rings is 2. The van der Waals surface area contributed by atoms with Crippen molar-refractivity contribution in [3.8, 4) is 11.5 Å². The predicted octanol–water partition coefficient (Wildman–Crippen LogP) is 5.27. The van der Waals surface area contributed by atoms with Crippen molar-refractivity contribution in [2.45, 2.75) is 44.9 Å². The van der Waals surface area contributed by atoms with Crippen LogP contribution in [-0.2, 0) is 10.0 Å². The van der Waals surface area contributed by atoms with Gasteiger partial charge in [-0.25, -0.2) is 13.4 Å². The van der Waals surface area contributed by atoms with Crippen LogP contribution in [0.25, 0.3) is 11.5 Å². The van der Waals surface area contributed by atoms with Gasteiger partial charge in [-0.3, -0.25) is 4.72 Å². The monoisotopic (exact) mass is 384 g/mol. The quantitative estimate of drug-likeness (QED) is 0.628. The van der Waals surface area contributed by atoms with Gasteiger partial charge < -0.3 is 4.42 Å². The third-order valence-electron chi connectivity index (χ3n) is 4.76. The summed E-state index contributed by atoms with van der Waals surface area (Å²) in [6.07, 6.45) is 1.01. The van der Waals surface area contributed by atoms with Crippen LogP contribution in [0.1, 0.15) is 43.2 Å². The van der Waals surface area contributed by atoms with E-state index in [1.54, 1.807) is 30.3 Å². The fourth-order valence-electron chi connectivity index (χ4n) is 2.74. The molecule has 0 saturated carbocycles. The van der Waals surface area contributed by atoms with E-state index in [-0.39, 0.29) is 4.90 Å². The Morgan fingerprint density at radius 1 is 1.11 bits per heavy atom. The van der Waals surface area contributed by atoms with Crippen molar-refractivity contribution in [2.75, 3.05) is 4.72 Å². The lowest BCUT2D eigenvalue weighted by Gasteiger charge is -2.12. The summed E-state index contributed by atoms with van der Waals surface area (Å²) in [5, 5.41) is 0. The van der Waals surface area contributed by atoms with E-state index in [4.69, 9.17) is 4.42 Å². The van der Waals surface area contributed by atoms with Gasteiger partial charge in [-0.05, 0) is 62.1 Å². The fraction of sp³-hybridized carbons (Fsp3) is 0.286. The van der Waals surface area contributed by atoms with Gasteiger partial charge in [-0.2, -0.15) is 0 Å². The lowest BCUT2D eigenvalue weighted by molar-refractivity contribution is 0.541. The molecule has 1 N–H and O–H groups in total. The van der Waals surface area contributed by atoms with Crippen molar-refractivity contribution in [2.24, 2.45) is 0 Å². The number of aryl methyl sites for hydroxylation is 2. The first-order valence-electron chi connectivity index (χ1n) is 8.97. The van der Waals surface area contributed by atoms with Crippen molar-refractivity contribution >= 4 is 15.7 Å². The van der Waals surface area contributed by atoms with Gasteiger partial charge in [-0.15, -0.1) is 0 Å². The molecule has 0 aliphatic carbocycles. The first-order chi connectivity index (χ1) is 12.8. The lowest BCUT2D eigenvalue weighted by atomic mass is 9.99. The SMILES string of the molecule is CC[C@H](C)c1ccc(S(=O)(=O)Nc2cccc(-c3nc(C)c(C)o3)c2)cc1. The van der Waals surface area contributed by atoms with Gasteiger partial charge in [0.2, 0.25) is 5.89 Å². The number of anilines is 1. The Bertz CT molecular complexity index is 1020. The van der Waals surface area contributed by atoms with Crippen LogP contribution in [0.2, 0.25) is 0 Å². The zero-order valence-electron chi connectivity index (χ0n) is 16.0. The zero-order chi connectivity index (χ0) is 19.6. The van der Waals surface area contributed by atoms with Gasteiger partial charge in [0.05, 0.1) is 10.6 Å². The molecule has 0 spiro atoms. The molecular formula is C21H24N2O3S. The number of aromatic nitrogens is 1. The number of oxazole rings is 1. The van der Waals surface area contributed by atoms with Gasteiger partial charge in [-0.1, -0.05) is 32.0 Å². The molecule has 5 nitrogen and oxygen atoms in total. The molecule has 3 rings (SSSR count). The van der Waals surface area contributed by atoms with E-state index >= 15 is 0 Å². The molecule has 0 saturated heterocycles. The third kappa shape index (κ3) is 4.22. The molecule has 2 aromatic carbocycles. The first-order valence-corrected chi connectivity index (χ1v) is 10.5. The van der Waals surface area contributed by atoms with E-state index in [9.17, 15) is 8.42 Å². The van der Waals surface area contributed by atoms with E-state index in [0.29, 0.717) is 17.5 Å². The molecule has 1 heterocycles. The Morgan fingerprint density at radius 2 is 1.81 bits per heavy atom. The Kier molecular flexibility index (Phi) is 5.37. The van der Waals surface area contributed by atoms with Crippen molar-refractivity contribution in [3.05, 3.63) is 65.5 Å². The van der Waals surface area contributed by atoms with Gasteiger partial charge in [0.1, 0.15) is 5.76 Å². The molecule has 6 heteroatoms. The maximum absolute atomic E-state index is 12.7. The third-order valence-corrected chi connectivity index (χ3v) is 6.16. The van der Waals surface area contributed by atoms with Crippen molar-refractivity contribution < 1.29 is 12.8 Å². The normalized spacial score (nSPS) is 12.7. The Morgan fingerprint density at radius 3 is 2.41 bits per heavy atom. The van der Waals surface area contributed by atoms with Gasteiger partial charge in [0, 0.05) is 11.3 Å². The zero-order valence-corrected chi connectivity index (χ0v) is 16.8. The summed E-state index contributed by atoms with van der Waals surface area (Å²) < 4.78 is 33.7. The largest absolute Gasteiger partial charge is 0.441 e. The molecule has 0 aliphatic rings. The first kappa shape index (κ1) is 19.2. The van der Waals surface area contributed by atoms with Gasteiger partial charge in [0.15, 0.2) is 0 Å².